The molecule has 0 aromatic heterocycles. The fourth-order valence-electron chi connectivity index (χ4n) is 2.49. The first-order valence-corrected chi connectivity index (χ1v) is 6.95. The van der Waals surface area contributed by atoms with Gasteiger partial charge in [-0.05, 0) is 49.5 Å². The highest BCUT2D eigenvalue weighted by atomic mass is 16.4. The molecule has 108 valence electrons. The van der Waals surface area contributed by atoms with Gasteiger partial charge in [0.2, 0.25) is 5.91 Å². The molecule has 5 nitrogen and oxygen atoms in total. The number of nitrogens with one attached hydrogen (secondary N) is 2. The summed E-state index contributed by atoms with van der Waals surface area (Å²) in [6.07, 6.45) is 2.57. The van der Waals surface area contributed by atoms with Gasteiger partial charge in [-0.15, -0.1) is 0 Å². The highest BCUT2D eigenvalue weighted by molar-refractivity contribution is 5.91. The standard InChI is InChI=1S/C15H20N2O3/c18-14(9-11-4-6-16-7-5-11)17-13-3-1-2-12(8-13)10-15(19)20/h1-3,8,11,16H,4-7,9-10H2,(H,17,18)(H,19,20). The van der Waals surface area contributed by atoms with Crippen LogP contribution in [0.5, 0.6) is 0 Å². The van der Waals surface area contributed by atoms with Gasteiger partial charge in [-0.1, -0.05) is 12.1 Å². The number of hydrogen-bond donors (Lipinski definition) is 3. The van der Waals surface area contributed by atoms with Crippen LogP contribution in [0, 0.1) is 5.92 Å². The molecule has 1 aliphatic heterocycles. The lowest BCUT2D eigenvalue weighted by molar-refractivity contribution is -0.136. The molecule has 2 rings (SSSR count). The highest BCUT2D eigenvalue weighted by Crippen LogP contribution is 2.18. The van der Waals surface area contributed by atoms with Gasteiger partial charge < -0.3 is 15.7 Å². The molecule has 3 N–H and O–H groups in total. The summed E-state index contributed by atoms with van der Waals surface area (Å²) in [6.45, 7) is 1.96. The Bertz CT molecular complexity index is 482. The van der Waals surface area contributed by atoms with Crippen molar-refractivity contribution in [3.63, 3.8) is 0 Å². The molecule has 5 heteroatoms. The van der Waals surface area contributed by atoms with Crippen molar-refractivity contribution in [1.82, 2.24) is 5.32 Å². The molecule has 0 spiro atoms. The number of aliphatic carboxylic acids is 1. The van der Waals surface area contributed by atoms with Crippen LogP contribution in [0.2, 0.25) is 0 Å². The van der Waals surface area contributed by atoms with Crippen LogP contribution in [0.3, 0.4) is 0 Å². The number of amides is 1. The van der Waals surface area contributed by atoms with Gasteiger partial charge in [0.15, 0.2) is 0 Å². The molecular formula is C15H20N2O3. The summed E-state index contributed by atoms with van der Waals surface area (Å²) in [5.74, 6) is -0.425. The predicted octanol–water partition coefficient (Wildman–Crippen LogP) is 1.64. The molecule has 0 aliphatic carbocycles. The van der Waals surface area contributed by atoms with Crippen LogP contribution in [0.4, 0.5) is 5.69 Å². The topological polar surface area (TPSA) is 78.4 Å². The van der Waals surface area contributed by atoms with Crippen LogP contribution in [0.15, 0.2) is 24.3 Å². The zero-order valence-corrected chi connectivity index (χ0v) is 11.4. The fourth-order valence-corrected chi connectivity index (χ4v) is 2.49. The van der Waals surface area contributed by atoms with Gasteiger partial charge in [-0.3, -0.25) is 9.59 Å². The van der Waals surface area contributed by atoms with Gasteiger partial charge in [-0.2, -0.15) is 0 Å². The smallest absolute Gasteiger partial charge is 0.307 e. The maximum absolute atomic E-state index is 12.0. The minimum absolute atomic E-state index is 0.00405. The lowest BCUT2D eigenvalue weighted by atomic mass is 9.94. The van der Waals surface area contributed by atoms with Crippen LogP contribution >= 0.6 is 0 Å². The van der Waals surface area contributed by atoms with Gasteiger partial charge in [-0.25, -0.2) is 0 Å². The van der Waals surface area contributed by atoms with Gasteiger partial charge in [0.1, 0.15) is 0 Å². The summed E-state index contributed by atoms with van der Waals surface area (Å²) < 4.78 is 0. The largest absolute Gasteiger partial charge is 0.481 e. The highest BCUT2D eigenvalue weighted by Gasteiger charge is 2.16. The zero-order valence-electron chi connectivity index (χ0n) is 11.4. The van der Waals surface area contributed by atoms with Crippen molar-refractivity contribution < 1.29 is 14.7 Å². The van der Waals surface area contributed by atoms with E-state index in [1.165, 1.54) is 0 Å². The Labute approximate surface area is 118 Å². The van der Waals surface area contributed by atoms with Gasteiger partial charge in [0.05, 0.1) is 6.42 Å². The van der Waals surface area contributed by atoms with Crippen molar-refractivity contribution in [3.8, 4) is 0 Å². The molecule has 1 aliphatic rings. The molecule has 0 radical (unpaired) electrons. The van der Waals surface area contributed by atoms with Gasteiger partial charge >= 0.3 is 5.97 Å². The first kappa shape index (κ1) is 14.5. The average molecular weight is 276 g/mol. The molecule has 1 amide bonds. The Morgan fingerprint density at radius 3 is 2.75 bits per heavy atom. The van der Waals surface area contributed by atoms with E-state index in [9.17, 15) is 9.59 Å². The summed E-state index contributed by atoms with van der Waals surface area (Å²) in [6, 6.07) is 7.01. The number of benzene rings is 1. The van der Waals surface area contributed by atoms with E-state index in [4.69, 9.17) is 5.11 Å². The predicted molar refractivity (Wildman–Crippen MR) is 76.6 cm³/mol. The quantitative estimate of drug-likeness (QED) is 0.764. The number of carboxylic acids is 1. The first-order chi connectivity index (χ1) is 9.63. The zero-order chi connectivity index (χ0) is 14.4. The molecule has 0 unspecified atom stereocenters. The third-order valence-corrected chi connectivity index (χ3v) is 3.50. The molecule has 0 atom stereocenters. The van der Waals surface area contributed by atoms with Gasteiger partial charge in [0.25, 0.3) is 0 Å². The Balaban J connectivity index is 1.88. The fraction of sp³-hybridized carbons (Fsp3) is 0.467. The van der Waals surface area contributed by atoms with Crippen molar-refractivity contribution in [2.24, 2.45) is 5.92 Å². The molecule has 20 heavy (non-hydrogen) atoms. The third kappa shape index (κ3) is 4.66. The Morgan fingerprint density at radius 2 is 2.05 bits per heavy atom. The SMILES string of the molecule is O=C(O)Cc1cccc(NC(=O)CC2CCNCC2)c1. The van der Waals surface area contributed by atoms with Crippen LogP contribution in [0.1, 0.15) is 24.8 Å². The summed E-state index contributed by atoms with van der Waals surface area (Å²) >= 11 is 0. The Hall–Kier alpha value is -1.88. The maximum Gasteiger partial charge on any atom is 0.307 e. The molecule has 1 aromatic carbocycles. The van der Waals surface area contributed by atoms with E-state index in [0.29, 0.717) is 23.6 Å². The number of piperidine rings is 1. The number of carboxylic acid groups (broad SMARTS) is 1. The van der Waals surface area contributed by atoms with Crippen LogP contribution in [0.25, 0.3) is 0 Å². The summed E-state index contributed by atoms with van der Waals surface area (Å²) in [7, 11) is 0. The third-order valence-electron chi connectivity index (χ3n) is 3.50. The molecule has 0 saturated carbocycles. The van der Waals surface area contributed by atoms with Crippen LogP contribution < -0.4 is 10.6 Å². The Kier molecular flexibility index (Phi) is 5.12. The number of hydrogen-bond acceptors (Lipinski definition) is 3. The van der Waals surface area contributed by atoms with Crippen molar-refractivity contribution in [1.29, 1.82) is 0 Å². The number of rotatable bonds is 5. The maximum atomic E-state index is 12.0. The first-order valence-electron chi connectivity index (χ1n) is 6.95. The molecular weight excluding hydrogens is 256 g/mol. The van der Waals surface area contributed by atoms with E-state index in [-0.39, 0.29) is 12.3 Å². The van der Waals surface area contributed by atoms with E-state index < -0.39 is 5.97 Å². The summed E-state index contributed by atoms with van der Waals surface area (Å²) in [5.41, 5.74) is 1.36. The van der Waals surface area contributed by atoms with E-state index in [2.05, 4.69) is 10.6 Å². The monoisotopic (exact) mass is 276 g/mol. The van der Waals surface area contributed by atoms with E-state index in [1.807, 2.05) is 0 Å². The van der Waals surface area contributed by atoms with Gasteiger partial charge in [0, 0.05) is 12.1 Å². The summed E-state index contributed by atoms with van der Waals surface area (Å²) in [4.78, 5) is 22.6. The van der Waals surface area contributed by atoms with Crippen LogP contribution in [-0.2, 0) is 16.0 Å². The number of carbonyl (C=O) groups is 2. The molecule has 1 fully saturated rings. The number of anilines is 1. The summed E-state index contributed by atoms with van der Waals surface area (Å²) in [5, 5.41) is 14.9. The molecule has 1 aromatic rings. The average Bonchev–Trinajstić information content (AvgIpc) is 2.39. The van der Waals surface area contributed by atoms with Crippen molar-refractivity contribution in [2.75, 3.05) is 18.4 Å². The van der Waals surface area contributed by atoms with E-state index >= 15 is 0 Å². The van der Waals surface area contributed by atoms with Crippen molar-refractivity contribution in [2.45, 2.75) is 25.7 Å². The van der Waals surface area contributed by atoms with Crippen LogP contribution in [-0.4, -0.2) is 30.1 Å². The van der Waals surface area contributed by atoms with E-state index in [1.54, 1.807) is 24.3 Å². The molecule has 0 bridgehead atoms. The van der Waals surface area contributed by atoms with Crippen molar-refractivity contribution >= 4 is 17.6 Å². The second kappa shape index (κ2) is 7.05. The van der Waals surface area contributed by atoms with Crippen molar-refractivity contribution in [3.05, 3.63) is 29.8 Å². The van der Waals surface area contributed by atoms with E-state index in [0.717, 1.165) is 25.9 Å². The minimum atomic E-state index is -0.872. The number of carbonyl (C=O) groups excluding carboxylic acids is 1. The normalized spacial score (nSPS) is 15.8. The molecule has 1 saturated heterocycles. The Morgan fingerprint density at radius 1 is 1.30 bits per heavy atom. The minimum Gasteiger partial charge on any atom is -0.481 e. The second-order valence-corrected chi connectivity index (χ2v) is 5.22. The lowest BCUT2D eigenvalue weighted by Crippen LogP contribution is -2.30. The lowest BCUT2D eigenvalue weighted by Gasteiger charge is -2.21. The molecule has 1 heterocycles. The second-order valence-electron chi connectivity index (χ2n) is 5.22.